The Morgan fingerprint density at radius 2 is 2.42 bits per heavy atom. The first-order valence-electron chi connectivity index (χ1n) is 3.87. The molecule has 0 spiro atoms. The zero-order valence-electron chi connectivity index (χ0n) is 6.64. The van der Waals surface area contributed by atoms with Crippen molar-refractivity contribution in [2.45, 2.75) is 6.54 Å². The summed E-state index contributed by atoms with van der Waals surface area (Å²) in [5.41, 5.74) is 1.22. The topological polar surface area (TPSA) is 17.8 Å². The molecule has 2 heteroatoms. The second kappa shape index (κ2) is 3.22. The molecule has 1 aromatic carbocycles. The Kier molecular flexibility index (Phi) is 1.90. The minimum Gasteiger partial charge on any atom is -0.268 e. The summed E-state index contributed by atoms with van der Waals surface area (Å²) in [6, 6.07) is 12.9. The SMILES string of the molecule is [c]1cccc(Cn2cccn2)c1. The van der Waals surface area contributed by atoms with Gasteiger partial charge in [0.15, 0.2) is 0 Å². The van der Waals surface area contributed by atoms with Crippen LogP contribution in [0.2, 0.25) is 0 Å². The van der Waals surface area contributed by atoms with Crippen molar-refractivity contribution >= 4 is 0 Å². The Hall–Kier alpha value is -1.57. The molecular formula is C10H9N2. The number of hydrogen-bond donors (Lipinski definition) is 0. The smallest absolute Gasteiger partial charge is 0.0659 e. The molecular weight excluding hydrogens is 148 g/mol. The molecule has 1 aromatic heterocycles. The average Bonchev–Trinajstić information content (AvgIpc) is 2.59. The maximum atomic E-state index is 4.11. The van der Waals surface area contributed by atoms with E-state index in [0.29, 0.717) is 0 Å². The lowest BCUT2D eigenvalue weighted by molar-refractivity contribution is 0.687. The lowest BCUT2D eigenvalue weighted by Crippen LogP contribution is -1.98. The fourth-order valence-corrected chi connectivity index (χ4v) is 1.11. The van der Waals surface area contributed by atoms with E-state index in [9.17, 15) is 0 Å². The largest absolute Gasteiger partial charge is 0.268 e. The Bertz CT molecular complexity index is 324. The molecule has 0 unspecified atom stereocenters. The van der Waals surface area contributed by atoms with Gasteiger partial charge in [0.25, 0.3) is 0 Å². The van der Waals surface area contributed by atoms with Crippen molar-refractivity contribution in [3.63, 3.8) is 0 Å². The number of aromatic nitrogens is 2. The van der Waals surface area contributed by atoms with Gasteiger partial charge < -0.3 is 0 Å². The molecule has 1 radical (unpaired) electrons. The first kappa shape index (κ1) is 7.10. The van der Waals surface area contributed by atoms with Gasteiger partial charge in [-0.25, -0.2) is 0 Å². The van der Waals surface area contributed by atoms with E-state index in [0.717, 1.165) is 6.54 Å². The maximum Gasteiger partial charge on any atom is 0.0659 e. The van der Waals surface area contributed by atoms with Gasteiger partial charge in [-0.1, -0.05) is 18.2 Å². The Labute approximate surface area is 71.5 Å². The third kappa shape index (κ3) is 1.53. The van der Waals surface area contributed by atoms with Gasteiger partial charge in [0.05, 0.1) is 6.54 Å². The second-order valence-electron chi connectivity index (χ2n) is 2.62. The molecule has 0 N–H and O–H groups in total. The molecule has 0 atom stereocenters. The van der Waals surface area contributed by atoms with Crippen molar-refractivity contribution < 1.29 is 0 Å². The van der Waals surface area contributed by atoms with Gasteiger partial charge in [-0.3, -0.25) is 4.68 Å². The van der Waals surface area contributed by atoms with E-state index in [1.165, 1.54) is 5.56 Å². The molecule has 1 heterocycles. The molecule has 0 aliphatic rings. The third-order valence-electron chi connectivity index (χ3n) is 1.68. The van der Waals surface area contributed by atoms with Crippen molar-refractivity contribution in [1.29, 1.82) is 0 Å². The van der Waals surface area contributed by atoms with Gasteiger partial charge in [0.2, 0.25) is 0 Å². The lowest BCUT2D eigenvalue weighted by Gasteiger charge is -1.99. The Morgan fingerprint density at radius 3 is 3.08 bits per heavy atom. The van der Waals surface area contributed by atoms with Crippen LogP contribution in [0.5, 0.6) is 0 Å². The molecule has 0 bridgehead atoms. The van der Waals surface area contributed by atoms with Crippen molar-refractivity contribution in [3.8, 4) is 0 Å². The van der Waals surface area contributed by atoms with Crippen molar-refractivity contribution in [1.82, 2.24) is 9.78 Å². The molecule has 0 fully saturated rings. The van der Waals surface area contributed by atoms with Gasteiger partial charge in [0.1, 0.15) is 0 Å². The molecule has 0 saturated carbocycles. The van der Waals surface area contributed by atoms with E-state index in [2.05, 4.69) is 17.2 Å². The zero-order chi connectivity index (χ0) is 8.23. The van der Waals surface area contributed by atoms with Crippen LogP contribution >= 0.6 is 0 Å². The summed E-state index contributed by atoms with van der Waals surface area (Å²) in [6.07, 6.45) is 3.74. The second-order valence-corrected chi connectivity index (χ2v) is 2.62. The number of rotatable bonds is 2. The number of nitrogens with zero attached hydrogens (tertiary/aromatic N) is 2. The summed E-state index contributed by atoms with van der Waals surface area (Å²) in [4.78, 5) is 0. The van der Waals surface area contributed by atoms with E-state index < -0.39 is 0 Å². The normalized spacial score (nSPS) is 10.0. The minimum absolute atomic E-state index is 0.824. The van der Waals surface area contributed by atoms with Crippen LogP contribution in [-0.2, 0) is 6.54 Å². The summed E-state index contributed by atoms with van der Waals surface area (Å²) in [5.74, 6) is 0. The Balaban J connectivity index is 2.15. The van der Waals surface area contributed by atoms with Crippen LogP contribution in [0, 0.1) is 6.07 Å². The van der Waals surface area contributed by atoms with Crippen LogP contribution < -0.4 is 0 Å². The maximum absolute atomic E-state index is 4.11. The molecule has 0 aliphatic carbocycles. The first-order chi connectivity index (χ1) is 5.95. The van der Waals surface area contributed by atoms with Crippen molar-refractivity contribution in [3.05, 3.63) is 54.4 Å². The van der Waals surface area contributed by atoms with Gasteiger partial charge in [-0.2, -0.15) is 5.10 Å². The van der Waals surface area contributed by atoms with E-state index in [4.69, 9.17) is 0 Å². The molecule has 2 nitrogen and oxygen atoms in total. The summed E-state index contributed by atoms with van der Waals surface area (Å²) in [6.45, 7) is 0.824. The first-order valence-corrected chi connectivity index (χ1v) is 3.87. The summed E-state index contributed by atoms with van der Waals surface area (Å²) < 4.78 is 1.89. The number of hydrogen-bond acceptors (Lipinski definition) is 1. The van der Waals surface area contributed by atoms with E-state index in [1.807, 2.05) is 35.1 Å². The zero-order valence-corrected chi connectivity index (χ0v) is 6.64. The summed E-state index contributed by atoms with van der Waals surface area (Å²) in [7, 11) is 0. The van der Waals surface area contributed by atoms with Crippen LogP contribution in [-0.4, -0.2) is 9.78 Å². The van der Waals surface area contributed by atoms with Gasteiger partial charge in [-0.15, -0.1) is 0 Å². The summed E-state index contributed by atoms with van der Waals surface area (Å²) in [5, 5.41) is 4.11. The molecule has 2 rings (SSSR count). The highest BCUT2D eigenvalue weighted by molar-refractivity contribution is 5.13. The minimum atomic E-state index is 0.824. The molecule has 2 aromatic rings. The van der Waals surface area contributed by atoms with E-state index >= 15 is 0 Å². The number of benzene rings is 1. The quantitative estimate of drug-likeness (QED) is 0.649. The predicted octanol–water partition coefficient (Wildman–Crippen LogP) is 1.73. The van der Waals surface area contributed by atoms with Crippen molar-refractivity contribution in [2.75, 3.05) is 0 Å². The highest BCUT2D eigenvalue weighted by Gasteiger charge is 1.91. The van der Waals surface area contributed by atoms with Gasteiger partial charge in [0, 0.05) is 12.4 Å². The monoisotopic (exact) mass is 157 g/mol. The lowest BCUT2D eigenvalue weighted by atomic mass is 10.2. The Morgan fingerprint density at radius 1 is 1.42 bits per heavy atom. The molecule has 59 valence electrons. The van der Waals surface area contributed by atoms with Crippen LogP contribution in [0.15, 0.2) is 42.7 Å². The van der Waals surface area contributed by atoms with Crippen molar-refractivity contribution in [2.24, 2.45) is 0 Å². The fourth-order valence-electron chi connectivity index (χ4n) is 1.11. The van der Waals surface area contributed by atoms with Gasteiger partial charge in [-0.05, 0) is 23.8 Å². The molecule has 0 saturated heterocycles. The fraction of sp³-hybridized carbons (Fsp3) is 0.100. The molecule has 0 amide bonds. The standard InChI is InChI=1S/C10H9N2/c1-2-5-10(6-3-1)9-12-8-4-7-11-12/h1-2,4-8H,9H2. The van der Waals surface area contributed by atoms with Crippen LogP contribution in [0.1, 0.15) is 5.56 Å². The summed E-state index contributed by atoms with van der Waals surface area (Å²) >= 11 is 0. The van der Waals surface area contributed by atoms with Crippen LogP contribution in [0.4, 0.5) is 0 Å². The highest BCUT2D eigenvalue weighted by Crippen LogP contribution is 1.99. The third-order valence-corrected chi connectivity index (χ3v) is 1.68. The van der Waals surface area contributed by atoms with E-state index in [1.54, 1.807) is 6.20 Å². The molecule has 0 aliphatic heterocycles. The van der Waals surface area contributed by atoms with E-state index in [-0.39, 0.29) is 0 Å². The predicted molar refractivity (Wildman–Crippen MR) is 46.6 cm³/mol. The van der Waals surface area contributed by atoms with Gasteiger partial charge >= 0.3 is 0 Å². The highest BCUT2D eigenvalue weighted by atomic mass is 15.3. The van der Waals surface area contributed by atoms with Crippen LogP contribution in [0.25, 0.3) is 0 Å². The average molecular weight is 157 g/mol. The van der Waals surface area contributed by atoms with Crippen LogP contribution in [0.3, 0.4) is 0 Å². The molecule has 12 heavy (non-hydrogen) atoms.